The second-order valence-corrected chi connectivity index (χ2v) is 8.44. The Hall–Kier alpha value is -3.08. The lowest BCUT2D eigenvalue weighted by molar-refractivity contribution is 0.0348. The van der Waals surface area contributed by atoms with Gasteiger partial charge in [0.05, 0.1) is 19.8 Å². The maximum absolute atomic E-state index is 13.4. The van der Waals surface area contributed by atoms with Crippen molar-refractivity contribution in [2.45, 2.75) is 26.0 Å². The highest BCUT2D eigenvalue weighted by Gasteiger charge is 2.33. The Morgan fingerprint density at radius 1 is 1.31 bits per heavy atom. The summed E-state index contributed by atoms with van der Waals surface area (Å²) in [5.74, 6) is 7.05. The molecule has 3 rings (SSSR count). The van der Waals surface area contributed by atoms with Gasteiger partial charge in [0.15, 0.2) is 0 Å². The summed E-state index contributed by atoms with van der Waals surface area (Å²) in [6, 6.07) is 8.87. The molecule has 0 spiro atoms. The van der Waals surface area contributed by atoms with Crippen molar-refractivity contribution in [3.05, 3.63) is 53.2 Å². The van der Waals surface area contributed by atoms with Gasteiger partial charge in [0, 0.05) is 36.3 Å². The molecule has 1 aromatic heterocycles. The number of likely N-dealkylation sites (N-methyl/N-ethyl adjacent to an activating group) is 1. The Morgan fingerprint density at radius 3 is 2.75 bits per heavy atom. The number of rotatable bonds is 5. The van der Waals surface area contributed by atoms with E-state index in [1.807, 2.05) is 45.3 Å². The molecule has 7 nitrogen and oxygen atoms in total. The third kappa shape index (κ3) is 5.58. The largest absolute Gasteiger partial charge is 0.497 e. The molecule has 170 valence electrons. The average molecular weight is 438 g/mol. The number of amides is 1. The number of hydrogen-bond acceptors (Lipinski definition) is 6. The first-order valence-electron chi connectivity index (χ1n) is 10.7. The van der Waals surface area contributed by atoms with Crippen LogP contribution in [0.5, 0.6) is 11.6 Å². The molecular formula is C25H31N3O4. The Morgan fingerprint density at radius 2 is 2.06 bits per heavy atom. The lowest BCUT2D eigenvalue weighted by Crippen LogP contribution is -2.49. The second-order valence-electron chi connectivity index (χ2n) is 8.44. The summed E-state index contributed by atoms with van der Waals surface area (Å²) >= 11 is 0. The molecule has 2 aromatic rings. The highest BCUT2D eigenvalue weighted by Crippen LogP contribution is 2.27. The minimum atomic E-state index is -0.317. The van der Waals surface area contributed by atoms with Crippen LogP contribution in [0.15, 0.2) is 36.5 Å². The van der Waals surface area contributed by atoms with E-state index in [-0.39, 0.29) is 30.6 Å². The predicted molar refractivity (Wildman–Crippen MR) is 123 cm³/mol. The van der Waals surface area contributed by atoms with Crippen LogP contribution >= 0.6 is 0 Å². The molecule has 3 atom stereocenters. The first kappa shape index (κ1) is 23.6. The number of fused-ring (bicyclic) bond motifs is 1. The molecule has 0 saturated carbocycles. The van der Waals surface area contributed by atoms with Crippen LogP contribution in [0.2, 0.25) is 0 Å². The average Bonchev–Trinajstić information content (AvgIpc) is 2.79. The number of aromatic nitrogens is 1. The van der Waals surface area contributed by atoms with Gasteiger partial charge >= 0.3 is 0 Å². The number of carbonyl (C=O) groups excluding carboxylic acids is 1. The number of ether oxygens (including phenoxy) is 2. The fourth-order valence-corrected chi connectivity index (χ4v) is 3.59. The lowest BCUT2D eigenvalue weighted by Gasteiger charge is -2.37. The molecule has 1 aromatic carbocycles. The predicted octanol–water partition coefficient (Wildman–Crippen LogP) is 2.27. The van der Waals surface area contributed by atoms with Crippen LogP contribution in [0.4, 0.5) is 0 Å². The number of aliphatic hydroxyl groups is 1. The Kier molecular flexibility index (Phi) is 7.73. The smallest absolute Gasteiger partial charge is 0.259 e. The normalized spacial score (nSPS) is 19.2. The van der Waals surface area contributed by atoms with Gasteiger partial charge in [-0.15, -0.1) is 0 Å². The van der Waals surface area contributed by atoms with E-state index in [1.165, 1.54) is 0 Å². The molecule has 0 aliphatic carbocycles. The van der Waals surface area contributed by atoms with Crippen LogP contribution < -0.4 is 9.47 Å². The molecule has 2 heterocycles. The molecule has 0 radical (unpaired) electrons. The maximum atomic E-state index is 13.4. The van der Waals surface area contributed by atoms with Gasteiger partial charge in [-0.2, -0.15) is 0 Å². The minimum absolute atomic E-state index is 0.0674. The summed E-state index contributed by atoms with van der Waals surface area (Å²) in [4.78, 5) is 21.6. The van der Waals surface area contributed by atoms with Crippen molar-refractivity contribution in [3.63, 3.8) is 0 Å². The van der Waals surface area contributed by atoms with Crippen molar-refractivity contribution in [2.24, 2.45) is 5.92 Å². The van der Waals surface area contributed by atoms with Crippen molar-refractivity contribution in [1.82, 2.24) is 14.8 Å². The highest BCUT2D eigenvalue weighted by atomic mass is 16.5. The molecule has 1 aliphatic rings. The summed E-state index contributed by atoms with van der Waals surface area (Å²) in [5, 5.41) is 9.74. The van der Waals surface area contributed by atoms with Crippen molar-refractivity contribution < 1.29 is 19.4 Å². The first-order chi connectivity index (χ1) is 15.3. The summed E-state index contributed by atoms with van der Waals surface area (Å²) in [5.41, 5.74) is 1.77. The Bertz CT molecular complexity index is 1010. The van der Waals surface area contributed by atoms with Crippen molar-refractivity contribution >= 4 is 5.91 Å². The van der Waals surface area contributed by atoms with Gasteiger partial charge in [0.1, 0.15) is 17.4 Å². The summed E-state index contributed by atoms with van der Waals surface area (Å²) in [6.07, 6.45) is 1.48. The van der Waals surface area contributed by atoms with E-state index >= 15 is 0 Å². The van der Waals surface area contributed by atoms with Gasteiger partial charge in [-0.05, 0) is 45.3 Å². The van der Waals surface area contributed by atoms with Crippen molar-refractivity contribution in [3.8, 4) is 23.5 Å². The number of hydrogen-bond donors (Lipinski definition) is 1. The van der Waals surface area contributed by atoms with E-state index in [2.05, 4.69) is 28.6 Å². The summed E-state index contributed by atoms with van der Waals surface area (Å²) in [7, 11) is 5.58. The summed E-state index contributed by atoms with van der Waals surface area (Å²) < 4.78 is 11.5. The number of aliphatic hydroxyl groups excluding tert-OH is 1. The zero-order valence-electron chi connectivity index (χ0n) is 19.3. The topological polar surface area (TPSA) is 75.1 Å². The SMILES string of the molecule is COc1cccc(C#Cc2cnc3c(c2)C(=O)N([C@@H](C)CO)C[C@H](C)[C@@H](CN(C)C)O3)c1. The molecule has 0 fully saturated rings. The van der Waals surface area contributed by atoms with Crippen LogP contribution in [-0.4, -0.2) is 78.8 Å². The van der Waals surface area contributed by atoms with Gasteiger partial charge in [0.25, 0.3) is 5.91 Å². The molecule has 0 bridgehead atoms. The van der Waals surface area contributed by atoms with Crippen LogP contribution in [0.25, 0.3) is 0 Å². The molecule has 7 heteroatoms. The Labute approximate surface area is 190 Å². The number of nitrogens with zero attached hydrogens (tertiary/aromatic N) is 3. The zero-order valence-corrected chi connectivity index (χ0v) is 19.3. The van der Waals surface area contributed by atoms with Gasteiger partial charge in [0.2, 0.25) is 5.88 Å². The van der Waals surface area contributed by atoms with E-state index in [1.54, 1.807) is 24.3 Å². The third-order valence-corrected chi connectivity index (χ3v) is 5.49. The van der Waals surface area contributed by atoms with Gasteiger partial charge < -0.3 is 24.4 Å². The highest BCUT2D eigenvalue weighted by molar-refractivity contribution is 5.97. The molecule has 1 aliphatic heterocycles. The maximum Gasteiger partial charge on any atom is 0.259 e. The minimum Gasteiger partial charge on any atom is -0.497 e. The number of pyridine rings is 1. The third-order valence-electron chi connectivity index (χ3n) is 5.49. The van der Waals surface area contributed by atoms with Crippen LogP contribution in [0.1, 0.15) is 35.3 Å². The van der Waals surface area contributed by atoms with E-state index in [0.717, 1.165) is 11.3 Å². The molecule has 0 saturated heterocycles. The molecular weight excluding hydrogens is 406 g/mol. The first-order valence-corrected chi connectivity index (χ1v) is 10.7. The van der Waals surface area contributed by atoms with Crippen LogP contribution in [-0.2, 0) is 0 Å². The zero-order chi connectivity index (χ0) is 23.3. The van der Waals surface area contributed by atoms with E-state index in [9.17, 15) is 9.90 Å². The fourth-order valence-electron chi connectivity index (χ4n) is 3.59. The fraction of sp³-hybridized carbons (Fsp3) is 0.440. The van der Waals surface area contributed by atoms with E-state index in [0.29, 0.717) is 30.1 Å². The lowest BCUT2D eigenvalue weighted by atomic mass is 10.00. The number of carbonyl (C=O) groups is 1. The Balaban J connectivity index is 2.00. The van der Waals surface area contributed by atoms with Gasteiger partial charge in [-0.1, -0.05) is 24.8 Å². The van der Waals surface area contributed by atoms with E-state index < -0.39 is 0 Å². The van der Waals surface area contributed by atoms with Crippen LogP contribution in [0.3, 0.4) is 0 Å². The van der Waals surface area contributed by atoms with Gasteiger partial charge in [-0.3, -0.25) is 4.79 Å². The quantitative estimate of drug-likeness (QED) is 0.724. The molecule has 0 unspecified atom stereocenters. The molecule has 1 amide bonds. The second kappa shape index (κ2) is 10.5. The number of methoxy groups -OCH3 is 1. The standard InChI is InChI=1S/C25H31N3O4/c1-17-14-28(18(2)16-29)25(30)22-12-20(10-9-19-7-6-8-21(11-19)31-5)13-26-24(22)32-23(17)15-27(3)4/h6-8,11-13,17-18,23,29H,14-16H2,1-5H3/t17-,18-,23+/m0/s1. The van der Waals surface area contributed by atoms with Crippen molar-refractivity contribution in [1.29, 1.82) is 0 Å². The van der Waals surface area contributed by atoms with Crippen LogP contribution in [0, 0.1) is 17.8 Å². The summed E-state index contributed by atoms with van der Waals surface area (Å²) in [6.45, 7) is 4.95. The molecule has 1 N–H and O–H groups in total. The van der Waals surface area contributed by atoms with E-state index in [4.69, 9.17) is 9.47 Å². The number of benzene rings is 1. The van der Waals surface area contributed by atoms with Crippen molar-refractivity contribution in [2.75, 3.05) is 40.9 Å². The molecule has 32 heavy (non-hydrogen) atoms. The van der Waals surface area contributed by atoms with Gasteiger partial charge in [-0.25, -0.2) is 4.98 Å². The monoisotopic (exact) mass is 437 g/mol.